The van der Waals surface area contributed by atoms with Crippen molar-refractivity contribution in [1.82, 2.24) is 9.97 Å². The molecule has 1 aromatic carbocycles. The van der Waals surface area contributed by atoms with Crippen LogP contribution in [-0.2, 0) is 0 Å². The number of nitriles is 1. The van der Waals surface area contributed by atoms with E-state index in [1.165, 1.54) is 6.07 Å². The molecular weight excluding hydrogens is 256 g/mol. The molecule has 0 aliphatic heterocycles. The molecule has 0 atom stereocenters. The maximum Gasteiger partial charge on any atom is 0.347 e. The molecule has 0 spiro atoms. The molecule has 0 aliphatic carbocycles. The third-order valence-corrected chi connectivity index (χ3v) is 3.02. The molecule has 0 fully saturated rings. The van der Waals surface area contributed by atoms with E-state index in [-0.39, 0.29) is 5.69 Å². The molecule has 0 unspecified atom stereocenters. The van der Waals surface area contributed by atoms with E-state index in [1.807, 2.05) is 30.3 Å². The van der Waals surface area contributed by atoms with Crippen molar-refractivity contribution in [3.05, 3.63) is 52.8 Å². The molecule has 2 heterocycles. The van der Waals surface area contributed by atoms with Crippen molar-refractivity contribution in [2.75, 3.05) is 11.9 Å². The van der Waals surface area contributed by atoms with Gasteiger partial charge in [-0.2, -0.15) is 10.2 Å². The first-order chi connectivity index (χ1) is 9.69. The van der Waals surface area contributed by atoms with Gasteiger partial charge in [-0.1, -0.05) is 12.1 Å². The second-order valence-electron chi connectivity index (χ2n) is 4.25. The maximum absolute atomic E-state index is 11.4. The van der Waals surface area contributed by atoms with Crippen LogP contribution >= 0.6 is 0 Å². The number of aromatic nitrogens is 2. The van der Waals surface area contributed by atoms with Gasteiger partial charge in [0.05, 0.1) is 5.69 Å². The van der Waals surface area contributed by atoms with Crippen LogP contribution in [0.4, 0.5) is 11.5 Å². The first-order valence-corrected chi connectivity index (χ1v) is 5.90. The lowest BCUT2D eigenvalue weighted by Crippen LogP contribution is -2.19. The monoisotopic (exact) mass is 266 g/mol. The molecule has 0 aliphatic rings. The van der Waals surface area contributed by atoms with Gasteiger partial charge in [-0.25, -0.2) is 4.79 Å². The van der Waals surface area contributed by atoms with Crippen molar-refractivity contribution < 1.29 is 4.42 Å². The number of fused-ring (bicyclic) bond motifs is 1. The Balaban J connectivity index is 2.13. The second-order valence-corrected chi connectivity index (χ2v) is 4.25. The number of benzene rings is 1. The zero-order valence-corrected chi connectivity index (χ0v) is 10.6. The van der Waals surface area contributed by atoms with E-state index in [4.69, 9.17) is 9.68 Å². The van der Waals surface area contributed by atoms with E-state index in [2.05, 4.69) is 9.97 Å². The molecule has 3 rings (SSSR count). The van der Waals surface area contributed by atoms with Gasteiger partial charge in [0, 0.05) is 18.5 Å². The predicted molar refractivity (Wildman–Crippen MR) is 73.8 cm³/mol. The molecule has 0 radical (unpaired) electrons. The minimum Gasteiger partial charge on any atom is -0.462 e. The van der Waals surface area contributed by atoms with Gasteiger partial charge in [-0.3, -0.25) is 4.98 Å². The zero-order valence-electron chi connectivity index (χ0n) is 10.6. The second kappa shape index (κ2) is 4.55. The van der Waals surface area contributed by atoms with Gasteiger partial charge in [0.2, 0.25) is 0 Å². The molecule has 0 bridgehead atoms. The quantitative estimate of drug-likeness (QED) is 0.768. The van der Waals surface area contributed by atoms with Crippen LogP contribution in [0.1, 0.15) is 5.69 Å². The highest BCUT2D eigenvalue weighted by Gasteiger charge is 2.13. The molecule has 2 aromatic heterocycles. The normalized spacial score (nSPS) is 10.4. The average molecular weight is 266 g/mol. The van der Waals surface area contributed by atoms with Gasteiger partial charge in [0.15, 0.2) is 0 Å². The molecule has 0 saturated carbocycles. The lowest BCUT2D eigenvalue weighted by molar-refractivity contribution is 0.615. The van der Waals surface area contributed by atoms with E-state index >= 15 is 0 Å². The number of nitrogens with one attached hydrogen (secondary N) is 1. The van der Waals surface area contributed by atoms with Gasteiger partial charge >= 0.3 is 5.69 Å². The molecule has 1 N–H and O–H groups in total. The SMILES string of the molecule is CN(c1cc(C#N)[nH]c(=O)n1)c1coc2ccccc12. The highest BCUT2D eigenvalue weighted by Crippen LogP contribution is 2.31. The highest BCUT2D eigenvalue weighted by atomic mass is 16.3. The highest BCUT2D eigenvalue weighted by molar-refractivity contribution is 5.92. The summed E-state index contributed by atoms with van der Waals surface area (Å²) in [5.74, 6) is 0.386. The van der Waals surface area contributed by atoms with Gasteiger partial charge in [-0.05, 0) is 12.1 Å². The number of aromatic amines is 1. The maximum atomic E-state index is 11.4. The third kappa shape index (κ3) is 1.91. The van der Waals surface area contributed by atoms with Crippen molar-refractivity contribution in [3.8, 4) is 6.07 Å². The largest absolute Gasteiger partial charge is 0.462 e. The fourth-order valence-electron chi connectivity index (χ4n) is 2.02. The van der Waals surface area contributed by atoms with E-state index in [0.29, 0.717) is 5.82 Å². The smallest absolute Gasteiger partial charge is 0.347 e. The van der Waals surface area contributed by atoms with Crippen LogP contribution in [0, 0.1) is 11.3 Å². The molecule has 6 nitrogen and oxygen atoms in total. The van der Waals surface area contributed by atoms with Crippen molar-refractivity contribution in [2.45, 2.75) is 0 Å². The van der Waals surface area contributed by atoms with Crippen LogP contribution in [0.5, 0.6) is 0 Å². The number of nitrogens with zero attached hydrogens (tertiary/aromatic N) is 3. The summed E-state index contributed by atoms with van der Waals surface area (Å²) < 4.78 is 5.46. The molecule has 6 heteroatoms. The van der Waals surface area contributed by atoms with Crippen molar-refractivity contribution >= 4 is 22.5 Å². The lowest BCUT2D eigenvalue weighted by Gasteiger charge is -2.16. The Morgan fingerprint density at radius 3 is 3.00 bits per heavy atom. The van der Waals surface area contributed by atoms with Gasteiger partial charge < -0.3 is 9.32 Å². The molecule has 98 valence electrons. The summed E-state index contributed by atoms with van der Waals surface area (Å²) in [4.78, 5) is 19.4. The Morgan fingerprint density at radius 2 is 2.20 bits per heavy atom. The van der Waals surface area contributed by atoms with E-state index in [0.717, 1.165) is 16.7 Å². The van der Waals surface area contributed by atoms with E-state index < -0.39 is 5.69 Å². The zero-order chi connectivity index (χ0) is 14.1. The predicted octanol–water partition coefficient (Wildman–Crippen LogP) is 2.16. The standard InChI is InChI=1S/C14H10N4O2/c1-18(13-6-9(7-15)16-14(19)17-13)11-8-20-12-5-3-2-4-10(11)12/h2-6,8H,1H3,(H,16,17,19). The first kappa shape index (κ1) is 12.0. The number of furan rings is 1. The fourth-order valence-corrected chi connectivity index (χ4v) is 2.02. The summed E-state index contributed by atoms with van der Waals surface area (Å²) in [7, 11) is 1.76. The molecule has 0 amide bonds. The fraction of sp³-hybridized carbons (Fsp3) is 0.0714. The summed E-state index contributed by atoms with van der Waals surface area (Å²) in [6.07, 6.45) is 1.60. The number of para-hydroxylation sites is 1. The van der Waals surface area contributed by atoms with Crippen LogP contribution in [0.25, 0.3) is 11.0 Å². The average Bonchev–Trinajstić information content (AvgIpc) is 2.89. The molecule has 3 aromatic rings. The van der Waals surface area contributed by atoms with Crippen LogP contribution in [0.3, 0.4) is 0 Å². The van der Waals surface area contributed by atoms with Crippen molar-refractivity contribution in [3.63, 3.8) is 0 Å². The Bertz CT molecular complexity index is 873. The van der Waals surface area contributed by atoms with E-state index in [1.54, 1.807) is 18.2 Å². The summed E-state index contributed by atoms with van der Waals surface area (Å²) in [6.45, 7) is 0. The number of hydrogen-bond donors (Lipinski definition) is 1. The Hall–Kier alpha value is -3.07. The van der Waals surface area contributed by atoms with Crippen LogP contribution < -0.4 is 10.6 Å². The van der Waals surface area contributed by atoms with Crippen LogP contribution in [0.2, 0.25) is 0 Å². The number of rotatable bonds is 2. The van der Waals surface area contributed by atoms with Crippen LogP contribution in [-0.4, -0.2) is 17.0 Å². The number of H-pyrrole nitrogens is 1. The molecule has 0 saturated heterocycles. The van der Waals surface area contributed by atoms with Crippen molar-refractivity contribution in [2.24, 2.45) is 0 Å². The van der Waals surface area contributed by atoms with Crippen LogP contribution in [0.15, 0.2) is 45.8 Å². The van der Waals surface area contributed by atoms with Gasteiger partial charge in [0.25, 0.3) is 0 Å². The molecular formula is C14H10N4O2. The van der Waals surface area contributed by atoms with E-state index in [9.17, 15) is 4.79 Å². The molecule has 20 heavy (non-hydrogen) atoms. The van der Waals surface area contributed by atoms with Gasteiger partial charge in [0.1, 0.15) is 29.4 Å². The summed E-state index contributed by atoms with van der Waals surface area (Å²) in [5.41, 5.74) is 1.14. The summed E-state index contributed by atoms with van der Waals surface area (Å²) >= 11 is 0. The number of hydrogen-bond acceptors (Lipinski definition) is 5. The lowest BCUT2D eigenvalue weighted by atomic mass is 10.2. The Morgan fingerprint density at radius 1 is 1.40 bits per heavy atom. The summed E-state index contributed by atoms with van der Waals surface area (Å²) in [6, 6.07) is 11.0. The van der Waals surface area contributed by atoms with Gasteiger partial charge in [-0.15, -0.1) is 0 Å². The number of anilines is 2. The Labute approximate surface area is 113 Å². The first-order valence-electron chi connectivity index (χ1n) is 5.90. The minimum absolute atomic E-state index is 0.166. The summed E-state index contributed by atoms with van der Waals surface area (Å²) in [5, 5.41) is 9.80. The minimum atomic E-state index is -0.557. The third-order valence-electron chi connectivity index (χ3n) is 3.02. The topological polar surface area (TPSA) is 85.9 Å². The van der Waals surface area contributed by atoms with Crippen molar-refractivity contribution in [1.29, 1.82) is 5.26 Å². The Kier molecular flexibility index (Phi) is 2.73.